The van der Waals surface area contributed by atoms with Crippen molar-refractivity contribution in [1.82, 2.24) is 9.97 Å². The summed E-state index contributed by atoms with van der Waals surface area (Å²) >= 11 is 0. The summed E-state index contributed by atoms with van der Waals surface area (Å²) in [6.07, 6.45) is 5.39. The molecule has 11 heavy (non-hydrogen) atoms. The van der Waals surface area contributed by atoms with E-state index in [0.29, 0.717) is 5.82 Å². The first kappa shape index (κ1) is 6.58. The molecule has 2 rings (SSSR count). The van der Waals surface area contributed by atoms with E-state index in [1.54, 1.807) is 12.3 Å². The van der Waals surface area contributed by atoms with Crippen molar-refractivity contribution in [2.45, 2.75) is 19.3 Å². The van der Waals surface area contributed by atoms with E-state index in [4.69, 9.17) is 5.73 Å². The van der Waals surface area contributed by atoms with E-state index in [-0.39, 0.29) is 0 Å². The van der Waals surface area contributed by atoms with Crippen LogP contribution in [-0.2, 0) is 6.42 Å². The molecule has 0 unspecified atom stereocenters. The maximum Gasteiger partial charge on any atom is 0.130 e. The molecule has 1 heterocycles. The van der Waals surface area contributed by atoms with Crippen molar-refractivity contribution in [3.05, 3.63) is 18.1 Å². The molecule has 0 bridgehead atoms. The van der Waals surface area contributed by atoms with E-state index in [0.717, 1.165) is 18.2 Å². The number of anilines is 1. The highest BCUT2D eigenvalue weighted by molar-refractivity contribution is 5.25. The Bertz CT molecular complexity index is 255. The van der Waals surface area contributed by atoms with E-state index < -0.39 is 0 Å². The van der Waals surface area contributed by atoms with Gasteiger partial charge < -0.3 is 5.73 Å². The van der Waals surface area contributed by atoms with Gasteiger partial charge in [-0.3, -0.25) is 0 Å². The van der Waals surface area contributed by atoms with Gasteiger partial charge in [-0.15, -0.1) is 0 Å². The first-order valence-electron chi connectivity index (χ1n) is 3.92. The second kappa shape index (κ2) is 2.49. The highest BCUT2D eigenvalue weighted by Crippen LogP contribution is 2.31. The van der Waals surface area contributed by atoms with Crippen LogP contribution in [0.5, 0.6) is 0 Å². The normalized spacial score (nSPS) is 16.7. The quantitative estimate of drug-likeness (QED) is 0.682. The maximum absolute atomic E-state index is 5.50. The zero-order valence-corrected chi connectivity index (χ0v) is 6.33. The SMILES string of the molecule is Nc1ccnc(CC2CC2)n1. The summed E-state index contributed by atoms with van der Waals surface area (Å²) in [4.78, 5) is 8.25. The Labute approximate surface area is 65.7 Å². The molecule has 0 atom stereocenters. The van der Waals surface area contributed by atoms with Gasteiger partial charge in [-0.05, 0) is 24.8 Å². The molecule has 0 amide bonds. The van der Waals surface area contributed by atoms with Crippen LogP contribution in [0.3, 0.4) is 0 Å². The summed E-state index contributed by atoms with van der Waals surface area (Å²) in [5.41, 5.74) is 5.50. The van der Waals surface area contributed by atoms with Gasteiger partial charge in [0, 0.05) is 12.6 Å². The number of nitrogens with zero attached hydrogens (tertiary/aromatic N) is 2. The van der Waals surface area contributed by atoms with Crippen LogP contribution < -0.4 is 5.73 Å². The van der Waals surface area contributed by atoms with Gasteiger partial charge >= 0.3 is 0 Å². The summed E-state index contributed by atoms with van der Waals surface area (Å²) in [5.74, 6) is 2.31. The fraction of sp³-hybridized carbons (Fsp3) is 0.500. The van der Waals surface area contributed by atoms with Gasteiger partial charge in [-0.2, -0.15) is 0 Å². The first-order chi connectivity index (χ1) is 5.34. The summed E-state index contributed by atoms with van der Waals surface area (Å²) < 4.78 is 0. The van der Waals surface area contributed by atoms with Crippen LogP contribution in [0, 0.1) is 5.92 Å². The molecule has 0 aromatic carbocycles. The lowest BCUT2D eigenvalue weighted by Gasteiger charge is -1.96. The highest BCUT2D eigenvalue weighted by atomic mass is 14.9. The van der Waals surface area contributed by atoms with Crippen molar-refractivity contribution < 1.29 is 0 Å². The lowest BCUT2D eigenvalue weighted by molar-refractivity contribution is 0.771. The van der Waals surface area contributed by atoms with Gasteiger partial charge in [0.1, 0.15) is 11.6 Å². The second-order valence-corrected chi connectivity index (χ2v) is 3.05. The monoisotopic (exact) mass is 149 g/mol. The number of aromatic nitrogens is 2. The van der Waals surface area contributed by atoms with Crippen LogP contribution in [0.4, 0.5) is 5.82 Å². The number of hydrogen-bond acceptors (Lipinski definition) is 3. The molecule has 1 aliphatic rings. The zero-order valence-electron chi connectivity index (χ0n) is 6.33. The van der Waals surface area contributed by atoms with Gasteiger partial charge in [0.25, 0.3) is 0 Å². The molecule has 3 nitrogen and oxygen atoms in total. The Morgan fingerprint density at radius 3 is 3.00 bits per heavy atom. The van der Waals surface area contributed by atoms with Crippen molar-refractivity contribution >= 4 is 5.82 Å². The van der Waals surface area contributed by atoms with Gasteiger partial charge in [0.15, 0.2) is 0 Å². The standard InChI is InChI=1S/C8H11N3/c9-7-3-4-10-8(11-7)5-6-1-2-6/h3-4,6H,1-2,5H2,(H2,9,10,11). The summed E-state index contributed by atoms with van der Waals surface area (Å²) in [6.45, 7) is 0. The molecule has 0 spiro atoms. The molecular formula is C8H11N3. The molecule has 1 saturated carbocycles. The molecule has 1 aromatic heterocycles. The van der Waals surface area contributed by atoms with Crippen molar-refractivity contribution in [2.24, 2.45) is 5.92 Å². The topological polar surface area (TPSA) is 51.8 Å². The third kappa shape index (κ3) is 1.67. The van der Waals surface area contributed by atoms with E-state index >= 15 is 0 Å². The maximum atomic E-state index is 5.50. The Hall–Kier alpha value is -1.12. The Morgan fingerprint density at radius 1 is 1.55 bits per heavy atom. The number of nitrogens with two attached hydrogens (primary N) is 1. The average Bonchev–Trinajstić information content (AvgIpc) is 2.71. The molecule has 2 N–H and O–H groups in total. The number of nitrogen functional groups attached to an aromatic ring is 1. The molecule has 0 aliphatic heterocycles. The van der Waals surface area contributed by atoms with Gasteiger partial charge in [0.2, 0.25) is 0 Å². The molecule has 0 saturated heterocycles. The first-order valence-corrected chi connectivity index (χ1v) is 3.92. The van der Waals surface area contributed by atoms with Crippen molar-refractivity contribution in [2.75, 3.05) is 5.73 Å². The van der Waals surface area contributed by atoms with Gasteiger partial charge in [-0.1, -0.05) is 0 Å². The third-order valence-corrected chi connectivity index (χ3v) is 1.90. The fourth-order valence-corrected chi connectivity index (χ4v) is 1.09. The molecule has 58 valence electrons. The van der Waals surface area contributed by atoms with Crippen LogP contribution in [0.2, 0.25) is 0 Å². The van der Waals surface area contributed by atoms with Crippen LogP contribution >= 0.6 is 0 Å². The van der Waals surface area contributed by atoms with Crippen molar-refractivity contribution in [3.8, 4) is 0 Å². The Morgan fingerprint density at radius 2 is 2.36 bits per heavy atom. The second-order valence-electron chi connectivity index (χ2n) is 3.05. The summed E-state index contributed by atoms with van der Waals surface area (Å²) in [7, 11) is 0. The Balaban J connectivity index is 2.10. The minimum absolute atomic E-state index is 0.579. The predicted octanol–water partition coefficient (Wildman–Crippen LogP) is 1.01. The fourth-order valence-electron chi connectivity index (χ4n) is 1.09. The lowest BCUT2D eigenvalue weighted by Crippen LogP contribution is -1.99. The smallest absolute Gasteiger partial charge is 0.130 e. The molecule has 0 radical (unpaired) electrons. The summed E-state index contributed by atoms with van der Waals surface area (Å²) in [6, 6.07) is 1.72. The summed E-state index contributed by atoms with van der Waals surface area (Å²) in [5, 5.41) is 0. The molecule has 3 heteroatoms. The van der Waals surface area contributed by atoms with E-state index in [9.17, 15) is 0 Å². The van der Waals surface area contributed by atoms with E-state index in [2.05, 4.69) is 9.97 Å². The molecule has 1 fully saturated rings. The lowest BCUT2D eigenvalue weighted by atomic mass is 10.3. The zero-order chi connectivity index (χ0) is 7.68. The minimum Gasteiger partial charge on any atom is -0.384 e. The van der Waals surface area contributed by atoms with Gasteiger partial charge in [0.05, 0.1) is 0 Å². The number of hydrogen-bond donors (Lipinski definition) is 1. The van der Waals surface area contributed by atoms with Crippen LogP contribution in [0.1, 0.15) is 18.7 Å². The number of rotatable bonds is 2. The average molecular weight is 149 g/mol. The van der Waals surface area contributed by atoms with Gasteiger partial charge in [-0.25, -0.2) is 9.97 Å². The minimum atomic E-state index is 0.579. The van der Waals surface area contributed by atoms with Crippen LogP contribution in [0.25, 0.3) is 0 Å². The predicted molar refractivity (Wildman–Crippen MR) is 42.9 cm³/mol. The van der Waals surface area contributed by atoms with Crippen LogP contribution in [0.15, 0.2) is 12.3 Å². The van der Waals surface area contributed by atoms with Crippen LogP contribution in [-0.4, -0.2) is 9.97 Å². The molecule has 1 aliphatic carbocycles. The van der Waals surface area contributed by atoms with Crippen molar-refractivity contribution in [3.63, 3.8) is 0 Å². The van der Waals surface area contributed by atoms with Crippen molar-refractivity contribution in [1.29, 1.82) is 0 Å². The molecule has 1 aromatic rings. The Kier molecular flexibility index (Phi) is 1.49. The third-order valence-electron chi connectivity index (χ3n) is 1.90. The van der Waals surface area contributed by atoms with E-state index in [1.807, 2.05) is 0 Å². The van der Waals surface area contributed by atoms with E-state index in [1.165, 1.54) is 12.8 Å². The largest absolute Gasteiger partial charge is 0.384 e. The molecular weight excluding hydrogens is 138 g/mol. The highest BCUT2D eigenvalue weighted by Gasteiger charge is 2.22.